The van der Waals surface area contributed by atoms with Crippen molar-refractivity contribution in [2.24, 2.45) is 11.7 Å². The standard InChI is InChI=1S/C41H33NO9.C16H33NO7.24H2/c1-3-5-7-8-9-10-11-12-13-14-15-16-17-18-19-20-21-22-23-24-25-26-28-30-36(45)42-33(37(46)34(44)29-27-6-4-2)32-50-41-40(49)39(48)38(47)35(31-43)51-41;1-3-4-5-6-9(2)12(19)10(17)8-23-16-15(22)14(21)13(20)11(7-18)24-16;;;;;;;;;;;;;;;;;;;;;;;;/h33-35,37-41,43-44,46-49H,4,6,27,29,31-32H2,1-2H3,(H,42,45);9-16,18-22H,3-8,17H2,1-2H3;24*1H/t33-,34+,35?,37-,38-,39-,40?,41-;9-,10+,11?,12-,13+,14+,15?,16+;;;;;;;;;;;;;;;;;;;;;;;;/m01......................../s1. The molecule has 16 atom stereocenters. The lowest BCUT2D eigenvalue weighted by molar-refractivity contribution is -0.303. The van der Waals surface area contributed by atoms with Crippen LogP contribution < -0.4 is 11.1 Å². The van der Waals surface area contributed by atoms with Gasteiger partial charge in [0.05, 0.1) is 50.7 Å². The third-order valence-electron chi connectivity index (χ3n) is 10.7. The van der Waals surface area contributed by atoms with Gasteiger partial charge in [0.2, 0.25) is 0 Å². The molecule has 2 heterocycles. The molecule has 0 saturated carbocycles. The predicted molar refractivity (Wildman–Crippen MR) is 325 cm³/mol. The van der Waals surface area contributed by atoms with Crippen molar-refractivity contribution in [3.05, 3.63) is 0 Å². The van der Waals surface area contributed by atoms with E-state index in [0.29, 0.717) is 6.42 Å². The van der Waals surface area contributed by atoms with Gasteiger partial charge >= 0.3 is 0 Å². The van der Waals surface area contributed by atoms with Crippen LogP contribution >= 0.6 is 0 Å². The molecule has 75 heavy (non-hydrogen) atoms. The Kier molecular flexibility index (Phi) is 36.3. The molecule has 2 aliphatic heterocycles. The summed E-state index contributed by atoms with van der Waals surface area (Å²) in [6, 6.07) is -1.90. The third kappa shape index (κ3) is 27.6. The molecular weight excluding hydrogens is 969 g/mol. The fraction of sp³-hybridized carbons (Fsp3) is 0.561. The van der Waals surface area contributed by atoms with Crippen LogP contribution in [0.1, 0.15) is 113 Å². The zero-order chi connectivity index (χ0) is 55.8. The molecule has 2 aliphatic rings. The molecule has 18 heteroatoms. The number of hydrogen-bond donors (Lipinski definition) is 13. The number of aliphatic hydroxyl groups excluding tert-OH is 11. The van der Waals surface area contributed by atoms with Crippen LogP contribution in [-0.4, -0.2) is 180 Å². The van der Waals surface area contributed by atoms with Crippen molar-refractivity contribution in [1.29, 1.82) is 0 Å². The monoisotopic (exact) mass is 1080 g/mol. The molecule has 4 unspecified atom stereocenters. The number of rotatable bonds is 21. The number of hydrogen-bond acceptors (Lipinski definition) is 17. The van der Waals surface area contributed by atoms with Crippen LogP contribution in [0.15, 0.2) is 0 Å². The summed E-state index contributed by atoms with van der Waals surface area (Å²) in [5.41, 5.74) is 5.94. The number of carbonyl (C=O) groups excluding carboxylic acids is 1. The fourth-order valence-electron chi connectivity index (χ4n) is 6.47. The van der Waals surface area contributed by atoms with E-state index in [2.05, 4.69) is 154 Å². The van der Waals surface area contributed by atoms with E-state index in [1.54, 1.807) is 6.92 Å². The van der Waals surface area contributed by atoms with E-state index in [1.807, 2.05) is 13.8 Å². The summed E-state index contributed by atoms with van der Waals surface area (Å²) >= 11 is 0. The summed E-state index contributed by atoms with van der Waals surface area (Å²) in [5.74, 6) is 58.0. The van der Waals surface area contributed by atoms with Gasteiger partial charge in [-0.15, -0.1) is 0 Å². The van der Waals surface area contributed by atoms with Crippen LogP contribution in [0.2, 0.25) is 0 Å². The average molecular weight is 1080 g/mol. The molecule has 18 nitrogen and oxygen atoms in total. The Balaban J connectivity index is -0.0000000471. The second kappa shape index (κ2) is 40.9. The highest BCUT2D eigenvalue weighted by atomic mass is 16.7. The van der Waals surface area contributed by atoms with Crippen molar-refractivity contribution in [3.63, 3.8) is 0 Å². The highest BCUT2D eigenvalue weighted by Crippen LogP contribution is 2.24. The summed E-state index contributed by atoms with van der Waals surface area (Å²) < 4.78 is 21.4. The van der Waals surface area contributed by atoms with Crippen molar-refractivity contribution < 1.29 is 114 Å². The molecule has 2 saturated heterocycles. The zero-order valence-electron chi connectivity index (χ0n) is 42.3. The largest absolute Gasteiger partial charge is 0.394 e. The Morgan fingerprint density at radius 3 is 1.31 bits per heavy atom. The van der Waals surface area contributed by atoms with Crippen LogP contribution in [0.25, 0.3) is 0 Å². The molecule has 2 rings (SSSR count). The number of nitrogens with two attached hydrogens (primary N) is 1. The number of unbranched alkanes of at least 4 members (excludes halogenated alkanes) is 4. The first-order valence-electron chi connectivity index (χ1n) is 24.0. The van der Waals surface area contributed by atoms with Gasteiger partial charge in [-0.3, -0.25) is 4.79 Å². The van der Waals surface area contributed by atoms with Crippen molar-refractivity contribution >= 4 is 5.91 Å². The van der Waals surface area contributed by atoms with Gasteiger partial charge in [0, 0.05) is 75.7 Å². The van der Waals surface area contributed by atoms with Crippen LogP contribution in [-0.2, 0) is 23.7 Å². The molecule has 0 aliphatic carbocycles. The highest BCUT2D eigenvalue weighted by Gasteiger charge is 2.45. The Hall–Kier alpha value is -6.45. The van der Waals surface area contributed by atoms with Crippen LogP contribution in [0.5, 0.6) is 0 Å². The Bertz CT molecular complexity index is 2650. The maximum Gasteiger partial charge on any atom is 0.297 e. The van der Waals surface area contributed by atoms with Gasteiger partial charge in [0.25, 0.3) is 5.91 Å². The Morgan fingerprint density at radius 2 is 0.920 bits per heavy atom. The Morgan fingerprint density at radius 1 is 0.547 bits per heavy atom. The summed E-state index contributed by atoms with van der Waals surface area (Å²) in [6.45, 7) is 5.93. The van der Waals surface area contributed by atoms with E-state index in [4.69, 9.17) is 29.8 Å². The third-order valence-corrected chi connectivity index (χ3v) is 10.7. The van der Waals surface area contributed by atoms with Gasteiger partial charge in [-0.1, -0.05) is 65.2 Å². The minimum Gasteiger partial charge on any atom is -0.394 e. The fourth-order valence-corrected chi connectivity index (χ4v) is 6.47. The highest BCUT2D eigenvalue weighted by molar-refractivity contribution is 5.94. The van der Waals surface area contributed by atoms with Crippen LogP contribution in [0, 0.1) is 148 Å². The minimum atomic E-state index is -1.70. The van der Waals surface area contributed by atoms with E-state index in [9.17, 15) is 55.9 Å². The zero-order valence-corrected chi connectivity index (χ0v) is 42.3. The van der Waals surface area contributed by atoms with E-state index in [-0.39, 0.29) is 53.2 Å². The molecule has 2 fully saturated rings. The first-order chi connectivity index (χ1) is 36.1. The van der Waals surface area contributed by atoms with Gasteiger partial charge in [0.15, 0.2) is 12.6 Å². The van der Waals surface area contributed by atoms with Gasteiger partial charge in [0.1, 0.15) is 54.9 Å². The predicted octanol–water partition coefficient (Wildman–Crippen LogP) is 2.26. The number of nitrogens with one attached hydrogen (secondary N) is 1. The molecule has 14 N–H and O–H groups in total. The molecular formula is C57H114N2O16. The summed E-state index contributed by atoms with van der Waals surface area (Å²) in [5, 5.41) is 112. The van der Waals surface area contributed by atoms with Gasteiger partial charge in [-0.2, -0.15) is 0 Å². The van der Waals surface area contributed by atoms with Gasteiger partial charge in [-0.25, -0.2) is 0 Å². The molecule has 0 aromatic carbocycles. The minimum absolute atomic E-state index is 0. The molecule has 0 aromatic heterocycles. The van der Waals surface area contributed by atoms with E-state index < -0.39 is 118 Å². The lowest BCUT2D eigenvalue weighted by Crippen LogP contribution is -2.60. The number of amides is 1. The number of carbonyl (C=O) groups is 1. The quantitative estimate of drug-likeness (QED) is 0.0579. The smallest absolute Gasteiger partial charge is 0.297 e. The molecule has 0 spiro atoms. The van der Waals surface area contributed by atoms with Crippen LogP contribution in [0.3, 0.4) is 0 Å². The first kappa shape index (κ1) is 66.6. The molecule has 1 amide bonds. The van der Waals surface area contributed by atoms with Crippen molar-refractivity contribution in [1.82, 2.24) is 5.32 Å². The Labute approximate surface area is 476 Å². The summed E-state index contributed by atoms with van der Waals surface area (Å²) in [6.07, 6.45) is -11.2. The summed E-state index contributed by atoms with van der Waals surface area (Å²) in [4.78, 5) is 12.5. The topological polar surface area (TPSA) is 315 Å². The second-order valence-corrected chi connectivity index (χ2v) is 16.4. The van der Waals surface area contributed by atoms with Crippen LogP contribution in [0.4, 0.5) is 0 Å². The van der Waals surface area contributed by atoms with Crippen molar-refractivity contribution in [2.75, 3.05) is 26.4 Å². The molecule has 0 radical (unpaired) electrons. The first-order valence-corrected chi connectivity index (χ1v) is 24.0. The molecule has 0 aromatic rings. The van der Waals surface area contributed by atoms with Gasteiger partial charge < -0.3 is 86.2 Å². The second-order valence-electron chi connectivity index (χ2n) is 16.4. The number of ether oxygens (including phenoxy) is 4. The number of aliphatic hydroxyl groups is 11. The normalized spacial score (nSPS) is 23.9. The summed E-state index contributed by atoms with van der Waals surface area (Å²) in [7, 11) is 0. The lowest BCUT2D eigenvalue weighted by atomic mass is 9.93. The van der Waals surface area contributed by atoms with E-state index in [1.165, 1.54) is 0 Å². The van der Waals surface area contributed by atoms with Gasteiger partial charge in [-0.05, 0) is 120 Å². The van der Waals surface area contributed by atoms with Crippen molar-refractivity contribution in [2.45, 2.75) is 171 Å². The SMILES string of the molecule is CC#CC#CC#CC#CC#CC#CC#CC#CC#CC#CC#CC#CC(=O)N[C@@H](CO[C@H]1OC(CO)[C@H](O)[C@H](O)C1O)[C@H](O)[C@H](O)CCCCC.CCCCC[C@@H](C)[C@@H](O)[C@@H](N)CO[C@H]1OC(CO)[C@H](O)[C@H](O)C1O.[HH].[HH].[HH].[HH].[HH].[HH].[HH].[HH].[HH].[HH].[HH].[HH].[HH].[HH].[HH].[HH].[HH].[HH].[HH].[HH].[HH].[HH].[HH].[HH]. The molecule has 448 valence electrons. The molecule has 0 bridgehead atoms. The van der Waals surface area contributed by atoms with E-state index >= 15 is 0 Å². The maximum absolute atomic E-state index is 12.5. The maximum atomic E-state index is 12.5. The van der Waals surface area contributed by atoms with E-state index in [0.717, 1.165) is 38.5 Å². The lowest BCUT2D eigenvalue weighted by Gasteiger charge is -2.40. The van der Waals surface area contributed by atoms with Crippen molar-refractivity contribution in [3.8, 4) is 142 Å². The average Bonchev–Trinajstić information content (AvgIpc) is 3.40.